The lowest BCUT2D eigenvalue weighted by atomic mass is 10.2. The minimum Gasteiger partial charge on any atom is -0.395 e. The molecule has 0 saturated heterocycles. The lowest BCUT2D eigenvalue weighted by Crippen LogP contribution is -2.31. The molecule has 0 radical (unpaired) electrons. The van der Waals surface area contributed by atoms with Crippen molar-refractivity contribution >= 4 is 5.91 Å². The number of pyridine rings is 1. The second-order valence-corrected chi connectivity index (χ2v) is 4.85. The van der Waals surface area contributed by atoms with E-state index in [9.17, 15) is 4.79 Å². The van der Waals surface area contributed by atoms with Crippen LogP contribution in [0.2, 0.25) is 0 Å². The number of aliphatic hydroxyl groups excluding tert-OH is 1. The molecule has 1 heterocycles. The Balaban J connectivity index is 2.56. The van der Waals surface area contributed by atoms with E-state index in [1.807, 2.05) is 13.8 Å². The molecule has 0 aliphatic heterocycles. The van der Waals surface area contributed by atoms with Gasteiger partial charge in [-0.1, -0.05) is 11.8 Å². The molecule has 5 nitrogen and oxygen atoms in total. The Kier molecular flexibility index (Phi) is 7.44. The van der Waals surface area contributed by atoms with Gasteiger partial charge in [0, 0.05) is 31.8 Å². The molecule has 0 fully saturated rings. The maximum absolute atomic E-state index is 12.1. The Bertz CT molecular complexity index is 500. The van der Waals surface area contributed by atoms with Crippen molar-refractivity contribution in [3.05, 3.63) is 29.6 Å². The van der Waals surface area contributed by atoms with Crippen molar-refractivity contribution in [3.8, 4) is 11.8 Å². The van der Waals surface area contributed by atoms with Crippen LogP contribution in [-0.4, -0.2) is 53.8 Å². The molecular weight excluding hydrogens is 268 g/mol. The van der Waals surface area contributed by atoms with Gasteiger partial charge in [-0.2, -0.15) is 0 Å². The molecule has 21 heavy (non-hydrogen) atoms. The van der Waals surface area contributed by atoms with Gasteiger partial charge in [0.15, 0.2) is 0 Å². The van der Waals surface area contributed by atoms with E-state index in [1.165, 1.54) is 0 Å². The van der Waals surface area contributed by atoms with Crippen molar-refractivity contribution in [2.45, 2.75) is 26.4 Å². The van der Waals surface area contributed by atoms with Crippen molar-refractivity contribution in [1.82, 2.24) is 9.88 Å². The third-order valence-corrected chi connectivity index (χ3v) is 2.68. The highest BCUT2D eigenvalue weighted by Crippen LogP contribution is 2.03. The first-order valence-corrected chi connectivity index (χ1v) is 6.97. The van der Waals surface area contributed by atoms with Crippen molar-refractivity contribution in [2.24, 2.45) is 0 Å². The zero-order valence-electron chi connectivity index (χ0n) is 12.8. The summed E-state index contributed by atoms with van der Waals surface area (Å²) >= 11 is 0. The largest absolute Gasteiger partial charge is 0.395 e. The molecule has 0 aliphatic rings. The molecule has 0 aliphatic carbocycles. The molecular formula is C16H22N2O3. The van der Waals surface area contributed by atoms with Gasteiger partial charge in [-0.25, -0.2) is 4.98 Å². The van der Waals surface area contributed by atoms with Gasteiger partial charge in [0.25, 0.3) is 5.91 Å². The van der Waals surface area contributed by atoms with Gasteiger partial charge in [0.2, 0.25) is 0 Å². The number of aromatic nitrogens is 1. The summed E-state index contributed by atoms with van der Waals surface area (Å²) in [4.78, 5) is 17.8. The average molecular weight is 290 g/mol. The number of hydrogen-bond donors (Lipinski definition) is 1. The average Bonchev–Trinajstić information content (AvgIpc) is 2.47. The molecule has 0 saturated carbocycles. The quantitative estimate of drug-likeness (QED) is 0.803. The van der Waals surface area contributed by atoms with Gasteiger partial charge in [-0.15, -0.1) is 0 Å². The molecule has 1 rings (SSSR count). The predicted molar refractivity (Wildman–Crippen MR) is 80.9 cm³/mol. The van der Waals surface area contributed by atoms with Gasteiger partial charge in [0.05, 0.1) is 19.3 Å². The number of nitrogens with zero attached hydrogens (tertiary/aromatic N) is 2. The number of hydrogen-bond acceptors (Lipinski definition) is 4. The third kappa shape index (κ3) is 6.39. The number of amides is 1. The van der Waals surface area contributed by atoms with E-state index >= 15 is 0 Å². The van der Waals surface area contributed by atoms with Gasteiger partial charge in [-0.3, -0.25) is 4.79 Å². The Morgan fingerprint density at radius 2 is 2.24 bits per heavy atom. The SMILES string of the molecule is CC(C)OCCN(C)C(=O)c1ccc(C#CCCO)cn1. The maximum atomic E-state index is 12.1. The Labute approximate surface area is 125 Å². The lowest BCUT2D eigenvalue weighted by molar-refractivity contribution is 0.0529. The second kappa shape index (κ2) is 9.11. The molecule has 0 bridgehead atoms. The first kappa shape index (κ1) is 17.2. The molecule has 1 N–H and O–H groups in total. The summed E-state index contributed by atoms with van der Waals surface area (Å²) in [7, 11) is 1.72. The Morgan fingerprint density at radius 1 is 1.48 bits per heavy atom. The molecule has 0 aromatic carbocycles. The van der Waals surface area contributed by atoms with Crippen LogP contribution in [0.5, 0.6) is 0 Å². The topological polar surface area (TPSA) is 62.7 Å². The van der Waals surface area contributed by atoms with Gasteiger partial charge >= 0.3 is 0 Å². The first-order valence-electron chi connectivity index (χ1n) is 6.97. The van der Waals surface area contributed by atoms with Crippen LogP contribution in [0.4, 0.5) is 0 Å². The fraction of sp³-hybridized carbons (Fsp3) is 0.500. The Morgan fingerprint density at radius 3 is 2.81 bits per heavy atom. The standard InChI is InChI=1S/C16H22N2O3/c1-13(2)21-11-9-18(3)16(20)15-8-7-14(12-17-15)6-4-5-10-19/h7-8,12-13,19H,5,9-11H2,1-3H3. The van der Waals surface area contributed by atoms with E-state index in [0.29, 0.717) is 25.3 Å². The number of ether oxygens (including phenoxy) is 1. The molecule has 5 heteroatoms. The van der Waals surface area contributed by atoms with E-state index in [2.05, 4.69) is 16.8 Å². The van der Waals surface area contributed by atoms with Crippen LogP contribution < -0.4 is 0 Å². The van der Waals surface area contributed by atoms with Crippen LogP contribution in [0.3, 0.4) is 0 Å². The fourth-order valence-corrected chi connectivity index (χ4v) is 1.54. The van der Waals surface area contributed by atoms with Crippen LogP contribution in [0.1, 0.15) is 36.3 Å². The van der Waals surface area contributed by atoms with E-state index in [4.69, 9.17) is 9.84 Å². The van der Waals surface area contributed by atoms with Gasteiger partial charge in [-0.05, 0) is 26.0 Å². The summed E-state index contributed by atoms with van der Waals surface area (Å²) < 4.78 is 5.42. The van der Waals surface area contributed by atoms with Crippen LogP contribution in [0, 0.1) is 11.8 Å². The minimum absolute atomic E-state index is 0.0419. The summed E-state index contributed by atoms with van der Waals surface area (Å²) in [6.07, 6.45) is 2.15. The smallest absolute Gasteiger partial charge is 0.272 e. The molecule has 0 atom stereocenters. The van der Waals surface area contributed by atoms with Crippen molar-refractivity contribution in [2.75, 3.05) is 26.8 Å². The summed E-state index contributed by atoms with van der Waals surface area (Å²) in [5.41, 5.74) is 1.11. The zero-order chi connectivity index (χ0) is 15.7. The normalized spacial score (nSPS) is 10.1. The van der Waals surface area contributed by atoms with E-state index in [1.54, 1.807) is 30.3 Å². The second-order valence-electron chi connectivity index (χ2n) is 4.85. The third-order valence-electron chi connectivity index (χ3n) is 2.68. The monoisotopic (exact) mass is 290 g/mol. The summed E-state index contributed by atoms with van der Waals surface area (Å²) in [6, 6.07) is 3.41. The summed E-state index contributed by atoms with van der Waals surface area (Å²) in [5, 5.41) is 8.65. The number of likely N-dealkylation sites (N-methyl/N-ethyl adjacent to an activating group) is 1. The van der Waals surface area contributed by atoms with E-state index in [0.717, 1.165) is 5.56 Å². The van der Waals surface area contributed by atoms with Gasteiger partial charge in [0.1, 0.15) is 5.69 Å². The van der Waals surface area contributed by atoms with Crippen LogP contribution in [0.25, 0.3) is 0 Å². The zero-order valence-corrected chi connectivity index (χ0v) is 12.8. The molecule has 0 unspecified atom stereocenters. The number of carbonyl (C=O) groups is 1. The van der Waals surface area contributed by atoms with Crippen LogP contribution in [-0.2, 0) is 4.74 Å². The van der Waals surface area contributed by atoms with Gasteiger partial charge < -0.3 is 14.7 Å². The van der Waals surface area contributed by atoms with E-state index in [-0.39, 0.29) is 18.6 Å². The highest BCUT2D eigenvalue weighted by Gasteiger charge is 2.12. The van der Waals surface area contributed by atoms with E-state index < -0.39 is 0 Å². The maximum Gasteiger partial charge on any atom is 0.272 e. The van der Waals surface area contributed by atoms with Crippen molar-refractivity contribution in [1.29, 1.82) is 0 Å². The highest BCUT2D eigenvalue weighted by molar-refractivity contribution is 5.92. The minimum atomic E-state index is -0.141. The Hall–Kier alpha value is -1.90. The summed E-state index contributed by atoms with van der Waals surface area (Å²) in [6.45, 7) is 4.99. The van der Waals surface area contributed by atoms with Crippen molar-refractivity contribution in [3.63, 3.8) is 0 Å². The molecule has 1 amide bonds. The highest BCUT2D eigenvalue weighted by atomic mass is 16.5. The first-order chi connectivity index (χ1) is 10.0. The van der Waals surface area contributed by atoms with Crippen LogP contribution >= 0.6 is 0 Å². The molecule has 0 spiro atoms. The predicted octanol–water partition coefficient (Wildman–Crippen LogP) is 1.31. The van der Waals surface area contributed by atoms with Crippen molar-refractivity contribution < 1.29 is 14.6 Å². The molecule has 114 valence electrons. The number of rotatable bonds is 6. The molecule has 1 aromatic heterocycles. The number of carbonyl (C=O) groups excluding carboxylic acids is 1. The summed E-state index contributed by atoms with van der Waals surface area (Å²) in [5.74, 6) is 5.54. The van der Waals surface area contributed by atoms with Crippen LogP contribution in [0.15, 0.2) is 18.3 Å². The number of aliphatic hydroxyl groups is 1. The fourth-order valence-electron chi connectivity index (χ4n) is 1.54. The molecule has 1 aromatic rings. The lowest BCUT2D eigenvalue weighted by Gasteiger charge is -2.17.